The van der Waals surface area contributed by atoms with Gasteiger partial charge in [-0.05, 0) is 105 Å². The number of ether oxygens (including phenoxy) is 7. The van der Waals surface area contributed by atoms with E-state index in [1.165, 1.54) is 0 Å². The SMILES string of the molecule is CCOC(=O)C(Cc1ccc(N)cc1)(OC[C@H]1O[C@@H](n2cnc3c(N(OC(C)(C)C)C(=O)OC(C)(C)C)nc(Cl)nc32)[C@@H](F)[C@@H]1OC(=O)OC(C)(C)C)C(=O)OCC. The van der Waals surface area contributed by atoms with E-state index in [1.54, 1.807) is 100 Å². The van der Waals surface area contributed by atoms with Gasteiger partial charge in [-0.1, -0.05) is 12.1 Å². The number of nitrogens with two attached hydrogens (primary N) is 1. The van der Waals surface area contributed by atoms with Crippen molar-refractivity contribution < 1.29 is 61.6 Å². The third-order valence-electron chi connectivity index (χ3n) is 7.79. The van der Waals surface area contributed by atoms with Crippen molar-refractivity contribution in [3.05, 3.63) is 41.4 Å². The summed E-state index contributed by atoms with van der Waals surface area (Å²) in [4.78, 5) is 72.6. The van der Waals surface area contributed by atoms with E-state index in [9.17, 15) is 19.2 Å². The minimum absolute atomic E-state index is 0.0771. The molecule has 3 heterocycles. The van der Waals surface area contributed by atoms with Gasteiger partial charge in [0.2, 0.25) is 5.28 Å². The summed E-state index contributed by atoms with van der Waals surface area (Å²) in [6.07, 6.45) is -8.57. The molecule has 1 amide bonds. The average molecular weight is 839 g/mol. The molecule has 1 aliphatic heterocycles. The lowest BCUT2D eigenvalue weighted by molar-refractivity contribution is -0.197. The van der Waals surface area contributed by atoms with E-state index in [4.69, 9.17) is 55.3 Å². The van der Waals surface area contributed by atoms with Crippen LogP contribution in [0.25, 0.3) is 11.2 Å². The van der Waals surface area contributed by atoms with E-state index in [0.717, 1.165) is 16.0 Å². The Hall–Kier alpha value is -4.85. The number of hydroxylamine groups is 1. The number of esters is 2. The molecule has 20 heteroatoms. The number of carbonyl (C=O) groups is 4. The summed E-state index contributed by atoms with van der Waals surface area (Å²) in [7, 11) is 0. The molecule has 2 N–H and O–H groups in total. The first kappa shape index (κ1) is 45.8. The van der Waals surface area contributed by atoms with Gasteiger partial charge in [0.25, 0.3) is 5.60 Å². The van der Waals surface area contributed by atoms with Crippen LogP contribution in [0.3, 0.4) is 0 Å². The molecule has 1 saturated heterocycles. The zero-order chi connectivity index (χ0) is 43.4. The lowest BCUT2D eigenvalue weighted by Gasteiger charge is -2.31. The van der Waals surface area contributed by atoms with Gasteiger partial charge in [0.1, 0.15) is 17.3 Å². The van der Waals surface area contributed by atoms with E-state index < -0.39 is 77.8 Å². The zero-order valence-electron chi connectivity index (χ0n) is 34.5. The van der Waals surface area contributed by atoms with E-state index >= 15 is 4.39 Å². The Labute approximate surface area is 340 Å². The standard InChI is InChI=1S/C38H52ClFN6O12/c1-12-51-30(47)38(31(48)52-13-2,18-21-14-16-22(41)17-15-21)53-19-23-26(55-34(50)57-36(6,7)8)24(40)29(54-23)45-20-42-25-27(45)43-32(39)44-28(25)46(58-37(9,10)11)33(49)56-35(3,4)5/h14-17,20,23-24,26,29H,12-13,18-19,41H2,1-11H3/t23-,24+,26-,29-/m1/s1. The van der Waals surface area contributed by atoms with Crippen molar-refractivity contribution in [2.75, 3.05) is 30.6 Å². The Bertz CT molecular complexity index is 1920. The highest BCUT2D eigenvalue weighted by atomic mass is 35.5. The summed E-state index contributed by atoms with van der Waals surface area (Å²) >= 11 is 6.39. The molecule has 1 aromatic carbocycles. The molecule has 1 aliphatic rings. The molecule has 0 saturated carbocycles. The quantitative estimate of drug-likeness (QED) is 0.0505. The molecular formula is C38H52ClFN6O12. The average Bonchev–Trinajstić information content (AvgIpc) is 3.64. The predicted molar refractivity (Wildman–Crippen MR) is 206 cm³/mol. The van der Waals surface area contributed by atoms with Gasteiger partial charge in [-0.3, -0.25) is 9.40 Å². The maximum absolute atomic E-state index is 16.9. The second kappa shape index (κ2) is 18.0. The number of anilines is 2. The van der Waals surface area contributed by atoms with E-state index in [2.05, 4.69) is 15.0 Å². The molecule has 58 heavy (non-hydrogen) atoms. The number of amides is 1. The van der Waals surface area contributed by atoms with Crippen LogP contribution in [-0.2, 0) is 54.0 Å². The zero-order valence-corrected chi connectivity index (χ0v) is 35.2. The van der Waals surface area contributed by atoms with Gasteiger partial charge in [0, 0.05) is 12.1 Å². The van der Waals surface area contributed by atoms with Crippen LogP contribution >= 0.6 is 11.6 Å². The van der Waals surface area contributed by atoms with Crippen molar-refractivity contribution in [3.8, 4) is 0 Å². The largest absolute Gasteiger partial charge is 0.509 e. The lowest BCUT2D eigenvalue weighted by atomic mass is 9.93. The minimum Gasteiger partial charge on any atom is -0.463 e. The fourth-order valence-corrected chi connectivity index (χ4v) is 5.73. The van der Waals surface area contributed by atoms with Crippen LogP contribution in [0, 0.1) is 0 Å². The predicted octanol–water partition coefficient (Wildman–Crippen LogP) is 6.21. The highest BCUT2D eigenvalue weighted by molar-refractivity contribution is 6.28. The number of hydrogen-bond donors (Lipinski definition) is 1. The number of rotatable bonds is 13. The topological polar surface area (TPSA) is 215 Å². The maximum atomic E-state index is 16.9. The summed E-state index contributed by atoms with van der Waals surface area (Å²) in [6, 6.07) is 6.31. The Morgan fingerprint density at radius 1 is 0.897 bits per heavy atom. The van der Waals surface area contributed by atoms with Crippen LogP contribution in [0.1, 0.15) is 88.0 Å². The molecular weight excluding hydrogens is 787 g/mol. The van der Waals surface area contributed by atoms with Crippen molar-refractivity contribution in [2.45, 2.75) is 130 Å². The summed E-state index contributed by atoms with van der Waals surface area (Å²) in [5, 5.41) is 0.388. The van der Waals surface area contributed by atoms with Crippen LogP contribution in [0.5, 0.6) is 0 Å². The number of imidazole rings is 1. The number of alkyl halides is 1. The van der Waals surface area contributed by atoms with Gasteiger partial charge in [-0.15, -0.1) is 5.06 Å². The third kappa shape index (κ3) is 11.4. The van der Waals surface area contributed by atoms with Crippen LogP contribution in [0.4, 0.5) is 25.5 Å². The molecule has 0 bridgehead atoms. The molecule has 0 spiro atoms. The fraction of sp³-hybridized carbons (Fsp3) is 0.605. The van der Waals surface area contributed by atoms with Gasteiger partial charge in [-0.25, -0.2) is 28.6 Å². The van der Waals surface area contributed by atoms with Gasteiger partial charge in [-0.2, -0.15) is 9.97 Å². The number of benzene rings is 1. The number of aromatic nitrogens is 4. The smallest absolute Gasteiger partial charge is 0.463 e. The monoisotopic (exact) mass is 838 g/mol. The van der Waals surface area contributed by atoms with Crippen LogP contribution in [0.15, 0.2) is 30.6 Å². The van der Waals surface area contributed by atoms with E-state index in [-0.39, 0.29) is 41.9 Å². The molecule has 0 radical (unpaired) electrons. The molecule has 0 unspecified atom stereocenters. The third-order valence-corrected chi connectivity index (χ3v) is 7.96. The molecule has 4 atom stereocenters. The molecule has 0 aliphatic carbocycles. The molecule has 1 fully saturated rings. The van der Waals surface area contributed by atoms with Crippen LogP contribution in [-0.4, -0.2) is 104 Å². The van der Waals surface area contributed by atoms with Crippen molar-refractivity contribution in [2.24, 2.45) is 0 Å². The van der Waals surface area contributed by atoms with Crippen molar-refractivity contribution in [1.29, 1.82) is 0 Å². The summed E-state index contributed by atoms with van der Waals surface area (Å²) < 4.78 is 57.3. The van der Waals surface area contributed by atoms with Gasteiger partial charge >= 0.3 is 24.2 Å². The number of nitrogens with zero attached hydrogens (tertiary/aromatic N) is 5. The number of hydrogen-bond acceptors (Lipinski definition) is 16. The highest BCUT2D eigenvalue weighted by Crippen LogP contribution is 2.39. The Kier molecular flexibility index (Phi) is 14.2. The van der Waals surface area contributed by atoms with Gasteiger partial charge < -0.3 is 38.9 Å². The highest BCUT2D eigenvalue weighted by Gasteiger charge is 2.55. The second-order valence-electron chi connectivity index (χ2n) is 16.2. The molecule has 4 rings (SSSR count). The maximum Gasteiger partial charge on any atom is 0.509 e. The van der Waals surface area contributed by atoms with Crippen LogP contribution in [0.2, 0.25) is 5.28 Å². The molecule has 320 valence electrons. The summed E-state index contributed by atoms with van der Waals surface area (Å²) in [5.74, 6) is -2.41. The first-order valence-electron chi connectivity index (χ1n) is 18.5. The van der Waals surface area contributed by atoms with Crippen molar-refractivity contribution in [3.63, 3.8) is 0 Å². The lowest BCUT2D eigenvalue weighted by Crippen LogP contribution is -2.54. The first-order valence-corrected chi connectivity index (χ1v) is 18.9. The normalized spacial score (nSPS) is 18.8. The molecule has 3 aromatic rings. The first-order chi connectivity index (χ1) is 26.9. The Morgan fingerprint density at radius 2 is 1.48 bits per heavy atom. The van der Waals surface area contributed by atoms with Crippen molar-refractivity contribution in [1.82, 2.24) is 19.5 Å². The molecule has 2 aromatic heterocycles. The number of nitrogen functional groups attached to an aromatic ring is 1. The Morgan fingerprint density at radius 3 is 2.02 bits per heavy atom. The summed E-state index contributed by atoms with van der Waals surface area (Å²) in [6.45, 7) is 16.9. The second-order valence-corrected chi connectivity index (χ2v) is 16.5. The van der Waals surface area contributed by atoms with Gasteiger partial charge in [0.05, 0.1) is 31.7 Å². The Balaban J connectivity index is 1.81. The molecule has 18 nitrogen and oxygen atoms in total. The number of fused-ring (bicyclic) bond motifs is 1. The van der Waals surface area contributed by atoms with E-state index in [1.807, 2.05) is 0 Å². The fourth-order valence-electron chi connectivity index (χ4n) is 5.57. The van der Waals surface area contributed by atoms with Gasteiger partial charge in [0.15, 0.2) is 35.5 Å². The minimum atomic E-state index is -2.43. The van der Waals surface area contributed by atoms with Crippen LogP contribution < -0.4 is 10.8 Å². The van der Waals surface area contributed by atoms with E-state index in [0.29, 0.717) is 11.3 Å². The number of carbonyl (C=O) groups excluding carboxylic acids is 4. The van der Waals surface area contributed by atoms with Crippen molar-refractivity contribution >= 4 is 58.5 Å². The number of halogens is 2. The summed E-state index contributed by atoms with van der Waals surface area (Å²) in [5.41, 5.74) is 1.16.